The molecule has 2 heterocycles. The fraction of sp³-hybridized carbons (Fsp3) is 0.0952. The Morgan fingerprint density at radius 2 is 1.87 bits per heavy atom. The van der Waals surface area contributed by atoms with Crippen molar-refractivity contribution in [3.8, 4) is 22.0 Å². The molecule has 2 aromatic heterocycles. The van der Waals surface area contributed by atoms with E-state index >= 15 is 0 Å². The maximum Gasteiger partial charge on any atom is 0.192 e. The highest BCUT2D eigenvalue weighted by Crippen LogP contribution is 2.33. The van der Waals surface area contributed by atoms with Crippen LogP contribution in [0.1, 0.15) is 5.69 Å². The van der Waals surface area contributed by atoms with E-state index in [1.165, 1.54) is 0 Å². The van der Waals surface area contributed by atoms with Gasteiger partial charge < -0.3 is 0 Å². The number of benzene rings is 2. The first-order valence-electron chi connectivity index (χ1n) is 8.88. The molecule has 0 aliphatic heterocycles. The van der Waals surface area contributed by atoms with Crippen LogP contribution in [0, 0.1) is 0 Å². The summed E-state index contributed by atoms with van der Waals surface area (Å²) in [6.07, 6.45) is 1.81. The zero-order chi connectivity index (χ0) is 21.1. The third kappa shape index (κ3) is 4.58. The van der Waals surface area contributed by atoms with Crippen molar-refractivity contribution >= 4 is 57.9 Å². The van der Waals surface area contributed by atoms with Gasteiger partial charge in [0, 0.05) is 28.8 Å². The average molecular weight is 494 g/mol. The number of allylic oxidation sites excluding steroid dienone is 1. The van der Waals surface area contributed by atoms with Crippen molar-refractivity contribution in [3.05, 3.63) is 81.3 Å². The van der Waals surface area contributed by atoms with E-state index in [4.69, 9.17) is 39.8 Å². The summed E-state index contributed by atoms with van der Waals surface area (Å²) in [7, 11) is 0. The van der Waals surface area contributed by atoms with Crippen molar-refractivity contribution in [2.24, 2.45) is 0 Å². The summed E-state index contributed by atoms with van der Waals surface area (Å²) >= 11 is 21.6. The van der Waals surface area contributed by atoms with Gasteiger partial charge in [-0.05, 0) is 24.3 Å². The van der Waals surface area contributed by atoms with Gasteiger partial charge in [-0.25, -0.2) is 4.98 Å². The van der Waals surface area contributed by atoms with Gasteiger partial charge in [-0.1, -0.05) is 70.8 Å². The molecule has 0 atom stereocenters. The Bertz CT molecular complexity index is 1200. The Labute approximate surface area is 197 Å². The monoisotopic (exact) mass is 492 g/mol. The third-order valence-corrected chi connectivity index (χ3v) is 7.20. The Morgan fingerprint density at radius 3 is 2.63 bits per heavy atom. The first-order chi connectivity index (χ1) is 14.6. The van der Waals surface area contributed by atoms with Crippen LogP contribution in [0.5, 0.6) is 0 Å². The van der Waals surface area contributed by atoms with Gasteiger partial charge in [-0.15, -0.1) is 28.1 Å². The minimum absolute atomic E-state index is 0.478. The Morgan fingerprint density at radius 1 is 1.03 bits per heavy atom. The molecule has 0 aliphatic rings. The molecule has 0 saturated heterocycles. The summed E-state index contributed by atoms with van der Waals surface area (Å²) in [5.74, 6) is 1.38. The Balaban J connectivity index is 1.55. The van der Waals surface area contributed by atoms with E-state index in [-0.39, 0.29) is 0 Å². The van der Waals surface area contributed by atoms with Crippen LogP contribution in [0.25, 0.3) is 22.0 Å². The minimum atomic E-state index is 0.478. The van der Waals surface area contributed by atoms with Gasteiger partial charge in [0.25, 0.3) is 0 Å². The predicted molar refractivity (Wildman–Crippen MR) is 128 cm³/mol. The van der Waals surface area contributed by atoms with E-state index < -0.39 is 0 Å². The Hall–Kier alpha value is -1.83. The molecular weight excluding hydrogens is 479 g/mol. The van der Waals surface area contributed by atoms with Gasteiger partial charge >= 0.3 is 0 Å². The molecule has 0 fully saturated rings. The molecule has 0 spiro atoms. The highest BCUT2D eigenvalue weighted by Gasteiger charge is 2.16. The van der Waals surface area contributed by atoms with Crippen molar-refractivity contribution in [2.75, 3.05) is 0 Å². The fourth-order valence-electron chi connectivity index (χ4n) is 2.81. The quantitative estimate of drug-likeness (QED) is 0.197. The van der Waals surface area contributed by atoms with Crippen molar-refractivity contribution in [1.82, 2.24) is 19.7 Å². The van der Waals surface area contributed by atoms with E-state index in [0.29, 0.717) is 33.2 Å². The van der Waals surface area contributed by atoms with Gasteiger partial charge in [-0.3, -0.25) is 4.57 Å². The first-order valence-corrected chi connectivity index (χ1v) is 11.9. The fourth-order valence-corrected chi connectivity index (χ4v) is 5.19. The van der Waals surface area contributed by atoms with E-state index in [0.717, 1.165) is 27.0 Å². The van der Waals surface area contributed by atoms with Crippen molar-refractivity contribution in [1.29, 1.82) is 0 Å². The summed E-state index contributed by atoms with van der Waals surface area (Å²) in [5, 5.41) is 14.1. The molecule has 9 heteroatoms. The first kappa shape index (κ1) is 21.4. The highest BCUT2D eigenvalue weighted by atomic mass is 35.5. The lowest BCUT2D eigenvalue weighted by molar-refractivity contribution is 0.731. The molecule has 30 heavy (non-hydrogen) atoms. The zero-order valence-corrected chi connectivity index (χ0v) is 19.5. The lowest BCUT2D eigenvalue weighted by Gasteiger charge is -2.08. The van der Waals surface area contributed by atoms with Crippen LogP contribution in [0.15, 0.2) is 65.7 Å². The Kier molecular flexibility index (Phi) is 6.80. The van der Waals surface area contributed by atoms with Gasteiger partial charge in [0.15, 0.2) is 11.0 Å². The standard InChI is InChI=1S/C21H15Cl3N4S2/c1-2-9-28-19(13-7-8-17(23)18(24)10-13)26-27-21(28)30-12-14-11-29-20(25-14)15-5-3-4-6-16(15)22/h2-8,10-11H,1,9,12H2. The summed E-state index contributed by atoms with van der Waals surface area (Å²) in [4.78, 5) is 4.72. The number of nitrogens with zero attached hydrogens (tertiary/aromatic N) is 4. The lowest BCUT2D eigenvalue weighted by atomic mass is 10.2. The van der Waals surface area contributed by atoms with Crippen molar-refractivity contribution < 1.29 is 0 Å². The molecular formula is C21H15Cl3N4S2. The number of aromatic nitrogens is 4. The molecule has 0 amide bonds. The summed E-state index contributed by atoms with van der Waals surface area (Å²) in [6.45, 7) is 4.43. The SMILES string of the molecule is C=CCn1c(SCc2csc(-c3ccccc3Cl)n2)nnc1-c1ccc(Cl)c(Cl)c1. The van der Waals surface area contributed by atoms with Crippen LogP contribution >= 0.6 is 57.9 Å². The second-order valence-corrected chi connectivity index (χ2v) is 9.27. The molecule has 4 nitrogen and oxygen atoms in total. The number of thioether (sulfide) groups is 1. The second kappa shape index (κ2) is 9.54. The van der Waals surface area contributed by atoms with Gasteiger partial charge in [-0.2, -0.15) is 0 Å². The van der Waals surface area contributed by atoms with Crippen LogP contribution in [0.4, 0.5) is 0 Å². The van der Waals surface area contributed by atoms with Gasteiger partial charge in [0.2, 0.25) is 0 Å². The number of halogens is 3. The minimum Gasteiger partial charge on any atom is -0.298 e. The lowest BCUT2D eigenvalue weighted by Crippen LogP contribution is -2.00. The smallest absolute Gasteiger partial charge is 0.192 e. The number of rotatable bonds is 7. The summed E-state index contributed by atoms with van der Waals surface area (Å²) in [5.41, 5.74) is 2.75. The number of hydrogen-bond acceptors (Lipinski definition) is 5. The highest BCUT2D eigenvalue weighted by molar-refractivity contribution is 7.98. The number of hydrogen-bond donors (Lipinski definition) is 0. The van der Waals surface area contributed by atoms with Crippen molar-refractivity contribution in [2.45, 2.75) is 17.5 Å². The van der Waals surface area contributed by atoms with E-state index in [9.17, 15) is 0 Å². The van der Waals surface area contributed by atoms with Crippen molar-refractivity contribution in [3.63, 3.8) is 0 Å². The van der Waals surface area contributed by atoms with Crippen LogP contribution in [-0.2, 0) is 12.3 Å². The topological polar surface area (TPSA) is 43.6 Å². The molecule has 152 valence electrons. The molecule has 2 aromatic carbocycles. The van der Waals surface area contributed by atoms with Crippen LogP contribution in [0.2, 0.25) is 15.1 Å². The van der Waals surface area contributed by atoms with Gasteiger partial charge in [0.05, 0.1) is 20.8 Å². The summed E-state index contributed by atoms with van der Waals surface area (Å²) < 4.78 is 2.00. The van der Waals surface area contributed by atoms with Crippen LogP contribution in [0.3, 0.4) is 0 Å². The predicted octanol–water partition coefficient (Wildman–Crippen LogP) is 7.51. The molecule has 0 saturated carbocycles. The second-order valence-electron chi connectivity index (χ2n) is 6.25. The average Bonchev–Trinajstić information content (AvgIpc) is 3.36. The van der Waals surface area contributed by atoms with E-state index in [1.807, 2.05) is 46.4 Å². The molecule has 0 bridgehead atoms. The molecule has 0 N–H and O–H groups in total. The van der Waals surface area contributed by atoms with Crippen LogP contribution < -0.4 is 0 Å². The third-order valence-electron chi connectivity index (χ3n) is 4.21. The zero-order valence-electron chi connectivity index (χ0n) is 15.6. The molecule has 0 aliphatic carbocycles. The van der Waals surface area contributed by atoms with Crippen LogP contribution in [-0.4, -0.2) is 19.7 Å². The summed E-state index contributed by atoms with van der Waals surface area (Å²) in [6, 6.07) is 13.1. The van der Waals surface area contributed by atoms with E-state index in [1.54, 1.807) is 35.2 Å². The molecule has 4 rings (SSSR count). The maximum absolute atomic E-state index is 6.29. The molecule has 4 aromatic rings. The normalized spacial score (nSPS) is 11.0. The molecule has 0 radical (unpaired) electrons. The number of thiazole rings is 1. The maximum atomic E-state index is 6.29. The van der Waals surface area contributed by atoms with Gasteiger partial charge in [0.1, 0.15) is 5.01 Å². The van der Waals surface area contributed by atoms with E-state index in [2.05, 4.69) is 16.8 Å². The largest absolute Gasteiger partial charge is 0.298 e. The molecule has 0 unspecified atom stereocenters.